The van der Waals surface area contributed by atoms with Crippen molar-refractivity contribution in [1.29, 1.82) is 0 Å². The Morgan fingerprint density at radius 2 is 1.79 bits per heavy atom. The summed E-state index contributed by atoms with van der Waals surface area (Å²) in [6.07, 6.45) is 0.319. The summed E-state index contributed by atoms with van der Waals surface area (Å²) in [6.45, 7) is 1.49. The minimum Gasteiger partial charge on any atom is -0.508 e. The highest BCUT2D eigenvalue weighted by Gasteiger charge is 1.97. The fourth-order valence-corrected chi connectivity index (χ4v) is 0.973. The highest BCUT2D eigenvalue weighted by Crippen LogP contribution is 2.10. The first-order valence-corrected chi connectivity index (χ1v) is 4.14. The topological polar surface area (TPSA) is 77.8 Å². The maximum absolute atomic E-state index is 9.01. The summed E-state index contributed by atoms with van der Waals surface area (Å²) < 4.78 is 0. The van der Waals surface area contributed by atoms with Crippen LogP contribution in [0.15, 0.2) is 24.3 Å². The number of hydrogen-bond donors (Lipinski definition) is 3. The fraction of sp³-hybridized carbons (Fsp3) is 0.300. The van der Waals surface area contributed by atoms with E-state index in [1.807, 2.05) is 12.1 Å². The van der Waals surface area contributed by atoms with Crippen LogP contribution < -0.4 is 0 Å². The Morgan fingerprint density at radius 1 is 1.36 bits per heavy atom. The van der Waals surface area contributed by atoms with E-state index >= 15 is 0 Å². The number of rotatable bonds is 2. The van der Waals surface area contributed by atoms with E-state index in [4.69, 9.17) is 20.1 Å². The summed E-state index contributed by atoms with van der Waals surface area (Å²) in [4.78, 5) is 8.36. The lowest BCUT2D eigenvalue weighted by Gasteiger charge is -2.03. The van der Waals surface area contributed by atoms with Gasteiger partial charge < -0.3 is 15.3 Å². The van der Waals surface area contributed by atoms with Crippen LogP contribution in [0.4, 0.5) is 0 Å². The number of phenols is 1. The van der Waals surface area contributed by atoms with Gasteiger partial charge >= 0.3 is 0 Å². The number of aliphatic hydroxyl groups excluding tert-OH is 1. The zero-order chi connectivity index (χ0) is 11.0. The fourth-order valence-electron chi connectivity index (χ4n) is 0.973. The minimum absolute atomic E-state index is 0.250. The minimum atomic E-state index is -0.320. The molecule has 0 saturated heterocycles. The molecule has 0 saturated carbocycles. The van der Waals surface area contributed by atoms with Gasteiger partial charge in [-0.3, -0.25) is 4.79 Å². The number of benzene rings is 1. The maximum Gasteiger partial charge on any atom is 0.290 e. The molecule has 78 valence electrons. The molecule has 0 aromatic heterocycles. The molecule has 0 spiro atoms. The van der Waals surface area contributed by atoms with Gasteiger partial charge in [0.05, 0.1) is 6.10 Å². The number of aromatic hydroxyl groups is 1. The summed E-state index contributed by atoms with van der Waals surface area (Å²) in [5, 5.41) is 24.8. The third-order valence-corrected chi connectivity index (χ3v) is 1.47. The standard InChI is InChI=1S/C9H12O2.CH2O2/c1-7(10)6-8-2-4-9(11)5-3-8;2-1-3/h2-5,7,10-11H,6H2,1H3;1H,(H,2,3). The van der Waals surface area contributed by atoms with E-state index < -0.39 is 0 Å². The summed E-state index contributed by atoms with van der Waals surface area (Å²) in [6, 6.07) is 6.86. The lowest BCUT2D eigenvalue weighted by Crippen LogP contribution is -2.03. The molecule has 0 amide bonds. The van der Waals surface area contributed by atoms with Crippen LogP contribution in [0, 0.1) is 0 Å². The number of aliphatic hydroxyl groups is 1. The second kappa shape index (κ2) is 6.91. The van der Waals surface area contributed by atoms with Crippen molar-refractivity contribution >= 4 is 6.47 Å². The number of hydrogen-bond acceptors (Lipinski definition) is 3. The van der Waals surface area contributed by atoms with Crippen LogP contribution in [-0.2, 0) is 11.2 Å². The average molecular weight is 198 g/mol. The average Bonchev–Trinajstić information content (AvgIpc) is 2.09. The first-order chi connectivity index (χ1) is 6.60. The summed E-state index contributed by atoms with van der Waals surface area (Å²) >= 11 is 0. The van der Waals surface area contributed by atoms with E-state index in [1.165, 1.54) is 0 Å². The predicted octanol–water partition coefficient (Wildman–Crippen LogP) is 1.02. The maximum atomic E-state index is 9.01. The van der Waals surface area contributed by atoms with E-state index in [9.17, 15) is 0 Å². The van der Waals surface area contributed by atoms with E-state index in [0.717, 1.165) is 5.56 Å². The molecule has 4 nitrogen and oxygen atoms in total. The van der Waals surface area contributed by atoms with Gasteiger partial charge in [0.15, 0.2) is 0 Å². The number of carboxylic acid groups (broad SMARTS) is 1. The Morgan fingerprint density at radius 3 is 2.14 bits per heavy atom. The van der Waals surface area contributed by atoms with Crippen LogP contribution in [-0.4, -0.2) is 27.9 Å². The van der Waals surface area contributed by atoms with Crippen molar-refractivity contribution < 1.29 is 20.1 Å². The van der Waals surface area contributed by atoms with Crippen molar-refractivity contribution in [3.63, 3.8) is 0 Å². The van der Waals surface area contributed by atoms with Crippen LogP contribution in [0.25, 0.3) is 0 Å². The van der Waals surface area contributed by atoms with Gasteiger partial charge in [-0.1, -0.05) is 12.1 Å². The molecule has 1 atom stereocenters. The molecule has 1 aromatic carbocycles. The van der Waals surface area contributed by atoms with Gasteiger partial charge in [0, 0.05) is 0 Å². The smallest absolute Gasteiger partial charge is 0.290 e. The van der Waals surface area contributed by atoms with Crippen LogP contribution >= 0.6 is 0 Å². The molecule has 3 N–H and O–H groups in total. The van der Waals surface area contributed by atoms with Gasteiger partial charge in [-0.25, -0.2) is 0 Å². The van der Waals surface area contributed by atoms with Crippen LogP contribution in [0.3, 0.4) is 0 Å². The first kappa shape index (κ1) is 12.4. The monoisotopic (exact) mass is 198 g/mol. The normalized spacial score (nSPS) is 11.0. The van der Waals surface area contributed by atoms with Crippen molar-refractivity contribution in [3.8, 4) is 5.75 Å². The molecule has 0 radical (unpaired) electrons. The van der Waals surface area contributed by atoms with E-state index in [1.54, 1.807) is 19.1 Å². The van der Waals surface area contributed by atoms with E-state index in [-0.39, 0.29) is 18.3 Å². The molecule has 0 fully saturated rings. The van der Waals surface area contributed by atoms with Crippen molar-refractivity contribution in [2.45, 2.75) is 19.4 Å². The Hall–Kier alpha value is -1.55. The van der Waals surface area contributed by atoms with Crippen molar-refractivity contribution in [2.24, 2.45) is 0 Å². The van der Waals surface area contributed by atoms with Crippen molar-refractivity contribution in [2.75, 3.05) is 0 Å². The molecule has 0 aliphatic rings. The van der Waals surface area contributed by atoms with Gasteiger partial charge in [-0.2, -0.15) is 0 Å². The zero-order valence-electron chi connectivity index (χ0n) is 7.92. The van der Waals surface area contributed by atoms with Crippen LogP contribution in [0.1, 0.15) is 12.5 Å². The molecule has 0 aliphatic heterocycles. The number of phenolic OH excluding ortho intramolecular Hbond substituents is 1. The van der Waals surface area contributed by atoms with Crippen molar-refractivity contribution in [3.05, 3.63) is 29.8 Å². The van der Waals surface area contributed by atoms with Crippen LogP contribution in [0.5, 0.6) is 5.75 Å². The first-order valence-electron chi connectivity index (χ1n) is 4.14. The summed E-state index contributed by atoms with van der Waals surface area (Å²) in [5.41, 5.74) is 1.04. The summed E-state index contributed by atoms with van der Waals surface area (Å²) in [7, 11) is 0. The molecule has 1 aromatic rings. The van der Waals surface area contributed by atoms with Gasteiger partial charge in [0.1, 0.15) is 5.75 Å². The van der Waals surface area contributed by atoms with Gasteiger partial charge in [0.25, 0.3) is 6.47 Å². The predicted molar refractivity (Wildman–Crippen MR) is 52.2 cm³/mol. The van der Waals surface area contributed by atoms with E-state index in [0.29, 0.717) is 6.42 Å². The molecule has 0 bridgehead atoms. The molecule has 1 unspecified atom stereocenters. The third-order valence-electron chi connectivity index (χ3n) is 1.47. The van der Waals surface area contributed by atoms with Crippen LogP contribution in [0.2, 0.25) is 0 Å². The molecule has 0 aliphatic carbocycles. The lowest BCUT2D eigenvalue weighted by atomic mass is 10.1. The molecule has 0 heterocycles. The molecular formula is C10H14O4. The van der Waals surface area contributed by atoms with Gasteiger partial charge in [-0.05, 0) is 31.0 Å². The highest BCUT2D eigenvalue weighted by atomic mass is 16.3. The lowest BCUT2D eigenvalue weighted by molar-refractivity contribution is -0.122. The quantitative estimate of drug-likeness (QED) is 0.620. The Labute approximate surface area is 82.4 Å². The Bertz CT molecular complexity index is 253. The SMILES string of the molecule is CC(O)Cc1ccc(O)cc1.O=CO. The van der Waals surface area contributed by atoms with Gasteiger partial charge in [0.2, 0.25) is 0 Å². The molecule has 4 heteroatoms. The van der Waals surface area contributed by atoms with Crippen molar-refractivity contribution in [1.82, 2.24) is 0 Å². The molecule has 1 rings (SSSR count). The Kier molecular flexibility index (Phi) is 6.15. The summed E-state index contributed by atoms with van der Waals surface area (Å²) in [5.74, 6) is 0.263. The second-order valence-corrected chi connectivity index (χ2v) is 2.83. The highest BCUT2D eigenvalue weighted by molar-refractivity contribution is 5.32. The van der Waals surface area contributed by atoms with Gasteiger partial charge in [-0.15, -0.1) is 0 Å². The largest absolute Gasteiger partial charge is 0.508 e. The number of carbonyl (C=O) groups is 1. The third kappa shape index (κ3) is 6.02. The Balaban J connectivity index is 0.000000500. The molecular weight excluding hydrogens is 184 g/mol. The molecule has 14 heavy (non-hydrogen) atoms. The second-order valence-electron chi connectivity index (χ2n) is 2.83. The van der Waals surface area contributed by atoms with E-state index in [2.05, 4.69) is 0 Å². The zero-order valence-corrected chi connectivity index (χ0v) is 7.92.